The van der Waals surface area contributed by atoms with Gasteiger partial charge in [-0.1, -0.05) is 6.92 Å². The maximum atomic E-state index is 12.9. The van der Waals surface area contributed by atoms with E-state index < -0.39 is 23.5 Å². The molecule has 202 valence electrons. The van der Waals surface area contributed by atoms with E-state index in [0.717, 1.165) is 29.2 Å². The van der Waals surface area contributed by atoms with Crippen LogP contribution in [0.4, 0.5) is 19.0 Å². The molecule has 0 bridgehead atoms. The Balaban J connectivity index is 1.37. The van der Waals surface area contributed by atoms with Crippen molar-refractivity contribution >= 4 is 17.2 Å². The lowest BCUT2D eigenvalue weighted by Gasteiger charge is -2.39. The number of hydrogen-bond donors (Lipinski definition) is 1. The lowest BCUT2D eigenvalue weighted by molar-refractivity contribution is -0.161. The SMILES string of the molecule is CC(NC(=O)C1(C)CCN(c2ccc(-c3cc(-c4cnn(C)c4)cn4ncc(C#N)c34)cn2)CC1)C(F)(F)F. The van der Waals surface area contributed by atoms with Crippen LogP contribution in [-0.2, 0) is 11.8 Å². The number of hydrogen-bond acceptors (Lipinski definition) is 6. The zero-order chi connectivity index (χ0) is 27.9. The fraction of sp³-hybridized carbons (Fsp3) is 0.370. The van der Waals surface area contributed by atoms with Crippen molar-refractivity contribution in [3.8, 4) is 28.3 Å². The number of fused-ring (bicyclic) bond motifs is 1. The molecule has 1 saturated heterocycles. The zero-order valence-corrected chi connectivity index (χ0v) is 21.7. The van der Waals surface area contributed by atoms with Crippen LogP contribution in [0.15, 0.2) is 49.2 Å². The van der Waals surface area contributed by atoms with E-state index >= 15 is 0 Å². The molecule has 1 unspecified atom stereocenters. The average Bonchev–Trinajstić information content (AvgIpc) is 3.54. The molecule has 1 fully saturated rings. The standard InChI is InChI=1S/C27H27F3N8O/c1-17(27(28,29)30)35-25(39)26(2)6-8-37(9-7-26)23-5-4-18(12-32-23)22-10-19(21-14-33-36(3)15-21)16-38-24(22)20(11-31)13-34-38/h4-5,10,12-17H,6-9H2,1-3H3,(H,35,39). The highest BCUT2D eigenvalue weighted by Crippen LogP contribution is 2.35. The van der Waals surface area contributed by atoms with Gasteiger partial charge in [-0.3, -0.25) is 9.48 Å². The second-order valence-corrected chi connectivity index (χ2v) is 10.2. The topological polar surface area (TPSA) is 104 Å². The predicted octanol–water partition coefficient (Wildman–Crippen LogP) is 4.34. The third-order valence-electron chi connectivity index (χ3n) is 7.41. The van der Waals surface area contributed by atoms with Crippen molar-refractivity contribution in [2.24, 2.45) is 12.5 Å². The maximum absolute atomic E-state index is 12.9. The minimum Gasteiger partial charge on any atom is -0.357 e. The molecule has 1 aliphatic heterocycles. The summed E-state index contributed by atoms with van der Waals surface area (Å²) in [4.78, 5) is 19.3. The van der Waals surface area contributed by atoms with Gasteiger partial charge in [0.25, 0.3) is 0 Å². The number of aromatic nitrogens is 5. The molecule has 4 aromatic rings. The largest absolute Gasteiger partial charge is 0.408 e. The monoisotopic (exact) mass is 536 g/mol. The Kier molecular flexibility index (Phi) is 6.54. The third-order valence-corrected chi connectivity index (χ3v) is 7.41. The number of amides is 1. The Bertz CT molecular complexity index is 1560. The van der Waals surface area contributed by atoms with Crippen LogP contribution in [0.5, 0.6) is 0 Å². The first kappa shape index (κ1) is 26.2. The zero-order valence-electron chi connectivity index (χ0n) is 21.7. The average molecular weight is 537 g/mol. The first-order chi connectivity index (χ1) is 18.5. The van der Waals surface area contributed by atoms with E-state index in [1.165, 1.54) is 6.20 Å². The highest BCUT2D eigenvalue weighted by atomic mass is 19.4. The van der Waals surface area contributed by atoms with E-state index in [1.54, 1.807) is 28.5 Å². The second-order valence-electron chi connectivity index (χ2n) is 10.2. The summed E-state index contributed by atoms with van der Waals surface area (Å²) >= 11 is 0. The molecule has 5 rings (SSSR count). The molecule has 5 heterocycles. The minimum absolute atomic E-state index is 0.405. The summed E-state index contributed by atoms with van der Waals surface area (Å²) < 4.78 is 42.1. The number of rotatable bonds is 5. The lowest BCUT2D eigenvalue weighted by Crippen LogP contribution is -2.52. The molecule has 39 heavy (non-hydrogen) atoms. The van der Waals surface area contributed by atoms with Crippen molar-refractivity contribution in [1.82, 2.24) is 29.7 Å². The molecule has 1 amide bonds. The van der Waals surface area contributed by atoms with Gasteiger partial charge in [0, 0.05) is 66.4 Å². The van der Waals surface area contributed by atoms with Crippen LogP contribution in [-0.4, -0.2) is 55.6 Å². The molecule has 0 spiro atoms. The van der Waals surface area contributed by atoms with Crippen LogP contribution in [0.3, 0.4) is 0 Å². The summed E-state index contributed by atoms with van der Waals surface area (Å²) in [6.07, 6.45) is 5.11. The van der Waals surface area contributed by atoms with Crippen molar-refractivity contribution in [3.05, 3.63) is 54.7 Å². The van der Waals surface area contributed by atoms with E-state index in [2.05, 4.69) is 26.6 Å². The molecular formula is C27H27F3N8O. The van der Waals surface area contributed by atoms with Gasteiger partial charge in [0.15, 0.2) is 0 Å². The first-order valence-corrected chi connectivity index (χ1v) is 12.5. The van der Waals surface area contributed by atoms with Crippen LogP contribution in [0.2, 0.25) is 0 Å². The molecule has 9 nitrogen and oxygen atoms in total. The van der Waals surface area contributed by atoms with Gasteiger partial charge in [-0.15, -0.1) is 0 Å². The molecule has 1 atom stereocenters. The summed E-state index contributed by atoms with van der Waals surface area (Å²) in [5, 5.41) is 20.4. The van der Waals surface area contributed by atoms with Gasteiger partial charge in [0.05, 0.1) is 23.5 Å². The molecule has 0 aliphatic carbocycles. The quantitative estimate of drug-likeness (QED) is 0.407. The van der Waals surface area contributed by atoms with Gasteiger partial charge in [-0.2, -0.15) is 28.6 Å². The number of halogens is 3. The number of nitrogens with one attached hydrogen (secondary N) is 1. The van der Waals surface area contributed by atoms with Crippen molar-refractivity contribution in [2.75, 3.05) is 18.0 Å². The van der Waals surface area contributed by atoms with E-state index in [-0.39, 0.29) is 0 Å². The molecule has 4 aromatic heterocycles. The van der Waals surface area contributed by atoms with E-state index in [9.17, 15) is 23.2 Å². The highest BCUT2D eigenvalue weighted by molar-refractivity contribution is 5.87. The molecular weight excluding hydrogens is 509 g/mol. The lowest BCUT2D eigenvalue weighted by atomic mass is 9.79. The Labute approximate surface area is 222 Å². The number of aryl methyl sites for hydroxylation is 1. The number of carbonyl (C=O) groups excluding carboxylic acids is 1. The first-order valence-electron chi connectivity index (χ1n) is 12.5. The van der Waals surface area contributed by atoms with Gasteiger partial charge in [-0.25, -0.2) is 9.50 Å². The molecule has 1 aliphatic rings. The summed E-state index contributed by atoms with van der Waals surface area (Å²) in [5.74, 6) is 0.125. The van der Waals surface area contributed by atoms with E-state index in [1.807, 2.05) is 42.5 Å². The minimum atomic E-state index is -4.48. The number of nitrogens with zero attached hydrogens (tertiary/aromatic N) is 7. The van der Waals surface area contributed by atoms with Gasteiger partial charge in [0.1, 0.15) is 17.9 Å². The van der Waals surface area contributed by atoms with Gasteiger partial charge in [-0.05, 0) is 38.0 Å². The van der Waals surface area contributed by atoms with Gasteiger partial charge < -0.3 is 10.2 Å². The van der Waals surface area contributed by atoms with Gasteiger partial charge in [0.2, 0.25) is 5.91 Å². The summed E-state index contributed by atoms with van der Waals surface area (Å²) in [6.45, 7) is 3.63. The summed E-state index contributed by atoms with van der Waals surface area (Å²) in [5.41, 5.74) is 3.62. The molecule has 12 heteroatoms. The van der Waals surface area contributed by atoms with Crippen molar-refractivity contribution < 1.29 is 18.0 Å². The molecule has 0 saturated carbocycles. The summed E-state index contributed by atoms with van der Waals surface area (Å²) in [6, 6.07) is 6.09. The third kappa shape index (κ3) is 5.04. The number of pyridine rings is 2. The molecule has 0 aromatic carbocycles. The van der Waals surface area contributed by atoms with E-state index in [0.29, 0.717) is 42.8 Å². The number of carbonyl (C=O) groups is 1. The fourth-order valence-electron chi connectivity index (χ4n) is 4.79. The number of alkyl halides is 3. The Morgan fingerprint density at radius 1 is 1.10 bits per heavy atom. The van der Waals surface area contributed by atoms with Crippen LogP contribution < -0.4 is 10.2 Å². The number of anilines is 1. The van der Waals surface area contributed by atoms with Crippen molar-refractivity contribution in [2.45, 2.75) is 38.9 Å². The Morgan fingerprint density at radius 3 is 2.44 bits per heavy atom. The highest BCUT2D eigenvalue weighted by Gasteiger charge is 2.42. The van der Waals surface area contributed by atoms with Crippen molar-refractivity contribution in [3.63, 3.8) is 0 Å². The smallest absolute Gasteiger partial charge is 0.357 e. The van der Waals surface area contributed by atoms with Crippen LogP contribution >= 0.6 is 0 Å². The second kappa shape index (κ2) is 9.72. The fourth-order valence-corrected chi connectivity index (χ4v) is 4.79. The number of nitriles is 1. The Morgan fingerprint density at radius 2 is 1.85 bits per heavy atom. The Hall–Kier alpha value is -4.40. The molecule has 1 N–H and O–H groups in total. The number of piperidine rings is 1. The van der Waals surface area contributed by atoms with Crippen LogP contribution in [0.25, 0.3) is 27.8 Å². The van der Waals surface area contributed by atoms with Crippen LogP contribution in [0, 0.1) is 16.7 Å². The van der Waals surface area contributed by atoms with Gasteiger partial charge >= 0.3 is 6.18 Å². The van der Waals surface area contributed by atoms with Crippen LogP contribution in [0.1, 0.15) is 32.3 Å². The predicted molar refractivity (Wildman–Crippen MR) is 139 cm³/mol. The maximum Gasteiger partial charge on any atom is 0.408 e. The normalized spacial score (nSPS) is 16.2. The molecule has 0 radical (unpaired) electrons. The van der Waals surface area contributed by atoms with E-state index in [4.69, 9.17) is 0 Å². The summed E-state index contributed by atoms with van der Waals surface area (Å²) in [7, 11) is 1.84. The van der Waals surface area contributed by atoms with Crippen molar-refractivity contribution in [1.29, 1.82) is 5.26 Å².